The molecular formula is C22H21BrN2O5S. The number of sulfonamides is 1. The predicted octanol–water partition coefficient (Wildman–Crippen LogP) is 4.30. The van der Waals surface area contributed by atoms with E-state index < -0.39 is 22.5 Å². The third-order valence-corrected chi connectivity index (χ3v) is 6.66. The molecule has 0 aliphatic rings. The number of carbonyl (C=O) groups excluding carboxylic acids is 1. The van der Waals surface area contributed by atoms with Crippen molar-refractivity contribution < 1.29 is 22.7 Å². The van der Waals surface area contributed by atoms with Crippen molar-refractivity contribution in [3.05, 3.63) is 77.3 Å². The molecule has 31 heavy (non-hydrogen) atoms. The second-order valence-electron chi connectivity index (χ2n) is 6.42. The minimum absolute atomic E-state index is 0.0695. The van der Waals surface area contributed by atoms with Gasteiger partial charge in [0, 0.05) is 16.2 Å². The van der Waals surface area contributed by atoms with E-state index in [2.05, 4.69) is 21.2 Å². The summed E-state index contributed by atoms with van der Waals surface area (Å²) < 4.78 is 39.2. The van der Waals surface area contributed by atoms with Gasteiger partial charge >= 0.3 is 0 Å². The molecule has 1 N–H and O–H groups in total. The number of carbonyl (C=O) groups is 1. The number of halogens is 1. The van der Waals surface area contributed by atoms with E-state index in [4.69, 9.17) is 9.47 Å². The fourth-order valence-corrected chi connectivity index (χ4v) is 4.75. The highest BCUT2D eigenvalue weighted by Gasteiger charge is 2.28. The van der Waals surface area contributed by atoms with Crippen LogP contribution < -0.4 is 19.1 Å². The van der Waals surface area contributed by atoms with Crippen molar-refractivity contribution in [2.75, 3.05) is 30.4 Å². The van der Waals surface area contributed by atoms with Crippen LogP contribution in [-0.2, 0) is 14.8 Å². The first kappa shape index (κ1) is 22.6. The van der Waals surface area contributed by atoms with Gasteiger partial charge in [0.05, 0.1) is 24.8 Å². The summed E-state index contributed by atoms with van der Waals surface area (Å²) in [5.41, 5.74) is 0.814. The largest absolute Gasteiger partial charge is 0.493 e. The van der Waals surface area contributed by atoms with Crippen molar-refractivity contribution in [3.8, 4) is 11.5 Å². The Morgan fingerprint density at radius 2 is 1.65 bits per heavy atom. The van der Waals surface area contributed by atoms with Gasteiger partial charge in [0.15, 0.2) is 11.5 Å². The second kappa shape index (κ2) is 9.84. The normalized spacial score (nSPS) is 10.9. The lowest BCUT2D eigenvalue weighted by Crippen LogP contribution is -2.38. The van der Waals surface area contributed by atoms with Gasteiger partial charge in [0.1, 0.15) is 6.54 Å². The number of nitrogens with zero attached hydrogens (tertiary/aromatic N) is 1. The molecule has 7 nitrogen and oxygen atoms in total. The van der Waals surface area contributed by atoms with E-state index >= 15 is 0 Å². The van der Waals surface area contributed by atoms with Gasteiger partial charge in [0.2, 0.25) is 5.91 Å². The van der Waals surface area contributed by atoms with Crippen LogP contribution in [0, 0.1) is 0 Å². The van der Waals surface area contributed by atoms with E-state index in [-0.39, 0.29) is 10.6 Å². The summed E-state index contributed by atoms with van der Waals surface area (Å²) in [4.78, 5) is 12.8. The summed E-state index contributed by atoms with van der Waals surface area (Å²) in [6.07, 6.45) is 0. The van der Waals surface area contributed by atoms with Crippen LogP contribution in [0.3, 0.4) is 0 Å². The lowest BCUT2D eigenvalue weighted by Gasteiger charge is -2.25. The third-order valence-electron chi connectivity index (χ3n) is 4.38. The van der Waals surface area contributed by atoms with Crippen molar-refractivity contribution >= 4 is 43.2 Å². The number of ether oxygens (including phenoxy) is 2. The van der Waals surface area contributed by atoms with Crippen LogP contribution in [0.5, 0.6) is 11.5 Å². The van der Waals surface area contributed by atoms with E-state index in [1.54, 1.807) is 48.5 Å². The molecule has 0 aromatic heterocycles. The smallest absolute Gasteiger partial charge is 0.264 e. The first-order valence-corrected chi connectivity index (χ1v) is 11.4. The monoisotopic (exact) mass is 504 g/mol. The molecule has 3 aromatic rings. The molecule has 0 aliphatic heterocycles. The van der Waals surface area contributed by atoms with Gasteiger partial charge in [-0.1, -0.05) is 40.2 Å². The maximum Gasteiger partial charge on any atom is 0.264 e. The maximum atomic E-state index is 13.4. The Kier molecular flexibility index (Phi) is 7.19. The number of methoxy groups -OCH3 is 2. The van der Waals surface area contributed by atoms with Gasteiger partial charge in [0.25, 0.3) is 10.0 Å². The number of benzene rings is 3. The average Bonchev–Trinajstić information content (AvgIpc) is 2.77. The summed E-state index contributed by atoms with van der Waals surface area (Å²) in [6, 6.07) is 19.7. The molecule has 0 heterocycles. The lowest BCUT2D eigenvalue weighted by atomic mass is 10.2. The van der Waals surface area contributed by atoms with Crippen LogP contribution in [0.25, 0.3) is 0 Å². The molecule has 0 spiro atoms. The van der Waals surface area contributed by atoms with Crippen molar-refractivity contribution in [2.24, 2.45) is 0 Å². The molecule has 0 fully saturated rings. The number of anilines is 2. The van der Waals surface area contributed by atoms with E-state index in [1.807, 2.05) is 6.07 Å². The van der Waals surface area contributed by atoms with Crippen LogP contribution in [-0.4, -0.2) is 35.1 Å². The number of rotatable bonds is 8. The van der Waals surface area contributed by atoms with Gasteiger partial charge < -0.3 is 14.8 Å². The van der Waals surface area contributed by atoms with Gasteiger partial charge in [-0.3, -0.25) is 9.10 Å². The fraction of sp³-hybridized carbons (Fsp3) is 0.136. The topological polar surface area (TPSA) is 84.9 Å². The molecule has 0 saturated carbocycles. The first-order valence-electron chi connectivity index (χ1n) is 9.20. The van der Waals surface area contributed by atoms with Crippen LogP contribution in [0.2, 0.25) is 0 Å². The third kappa shape index (κ3) is 5.36. The highest BCUT2D eigenvalue weighted by Crippen LogP contribution is 2.33. The Morgan fingerprint density at radius 1 is 0.935 bits per heavy atom. The van der Waals surface area contributed by atoms with Crippen molar-refractivity contribution in [2.45, 2.75) is 4.90 Å². The molecule has 162 valence electrons. The van der Waals surface area contributed by atoms with Gasteiger partial charge in [-0.15, -0.1) is 0 Å². The predicted molar refractivity (Wildman–Crippen MR) is 123 cm³/mol. The molecule has 3 rings (SSSR count). The molecular weight excluding hydrogens is 484 g/mol. The quantitative estimate of drug-likeness (QED) is 0.494. The van der Waals surface area contributed by atoms with Crippen molar-refractivity contribution in [1.82, 2.24) is 0 Å². The summed E-state index contributed by atoms with van der Waals surface area (Å²) in [6.45, 7) is -0.431. The maximum absolute atomic E-state index is 13.4. The molecule has 0 atom stereocenters. The van der Waals surface area contributed by atoms with Crippen LogP contribution in [0.4, 0.5) is 11.4 Å². The Labute approximate surface area is 189 Å². The summed E-state index contributed by atoms with van der Waals surface area (Å²) in [7, 11) is -1.08. The Bertz CT molecular complexity index is 1170. The van der Waals surface area contributed by atoms with Crippen molar-refractivity contribution in [3.63, 3.8) is 0 Å². The molecule has 1 amide bonds. The highest BCUT2D eigenvalue weighted by molar-refractivity contribution is 9.10. The number of amides is 1. The Morgan fingerprint density at radius 3 is 2.29 bits per heavy atom. The Balaban J connectivity index is 1.99. The van der Waals surface area contributed by atoms with Gasteiger partial charge in [-0.2, -0.15) is 0 Å². The summed E-state index contributed by atoms with van der Waals surface area (Å²) >= 11 is 3.35. The number of hydrogen-bond donors (Lipinski definition) is 1. The zero-order valence-electron chi connectivity index (χ0n) is 16.9. The molecule has 0 saturated heterocycles. The van der Waals surface area contributed by atoms with Gasteiger partial charge in [-0.05, 0) is 42.5 Å². The van der Waals surface area contributed by atoms with E-state index in [9.17, 15) is 13.2 Å². The second-order valence-corrected chi connectivity index (χ2v) is 9.20. The average molecular weight is 505 g/mol. The van der Waals surface area contributed by atoms with Crippen LogP contribution >= 0.6 is 15.9 Å². The SMILES string of the molecule is COc1ccc(N(CC(=O)Nc2cccc(Br)c2)S(=O)(=O)c2ccccc2)cc1OC. The summed E-state index contributed by atoms with van der Waals surface area (Å²) in [5.74, 6) is 0.301. The molecule has 3 aromatic carbocycles. The molecule has 0 aliphatic carbocycles. The fourth-order valence-electron chi connectivity index (χ4n) is 2.91. The zero-order chi connectivity index (χ0) is 22.4. The number of hydrogen-bond acceptors (Lipinski definition) is 5. The van der Waals surface area contributed by atoms with E-state index in [0.717, 1.165) is 8.78 Å². The minimum Gasteiger partial charge on any atom is -0.493 e. The standard InChI is InChI=1S/C22H21BrN2O5S/c1-29-20-12-11-18(14-21(20)30-2)25(31(27,28)19-9-4-3-5-10-19)15-22(26)24-17-8-6-7-16(23)13-17/h3-14H,15H2,1-2H3,(H,24,26). The summed E-state index contributed by atoms with van der Waals surface area (Å²) in [5, 5.41) is 2.73. The molecule has 9 heteroatoms. The lowest BCUT2D eigenvalue weighted by molar-refractivity contribution is -0.114. The minimum atomic E-state index is -4.03. The van der Waals surface area contributed by atoms with E-state index in [1.165, 1.54) is 32.4 Å². The first-order chi connectivity index (χ1) is 14.8. The van der Waals surface area contributed by atoms with Crippen LogP contribution in [0.15, 0.2) is 82.2 Å². The zero-order valence-corrected chi connectivity index (χ0v) is 19.3. The van der Waals surface area contributed by atoms with E-state index in [0.29, 0.717) is 17.2 Å². The Hall–Kier alpha value is -3.04. The van der Waals surface area contributed by atoms with Gasteiger partial charge in [-0.25, -0.2) is 8.42 Å². The number of nitrogens with one attached hydrogen (secondary N) is 1. The van der Waals surface area contributed by atoms with Crippen molar-refractivity contribution in [1.29, 1.82) is 0 Å². The molecule has 0 bridgehead atoms. The van der Waals surface area contributed by atoms with Crippen LogP contribution in [0.1, 0.15) is 0 Å². The molecule has 0 unspecified atom stereocenters. The highest BCUT2D eigenvalue weighted by atomic mass is 79.9. The molecule has 0 radical (unpaired) electrons.